The highest BCUT2D eigenvalue weighted by atomic mass is 32.1. The number of nitrogens with one attached hydrogen (secondary N) is 2. The first kappa shape index (κ1) is 16.6. The molecule has 0 unspecified atom stereocenters. The summed E-state index contributed by atoms with van der Waals surface area (Å²) in [5, 5.41) is 6.96. The van der Waals surface area contributed by atoms with E-state index in [-0.39, 0.29) is 5.91 Å². The van der Waals surface area contributed by atoms with Crippen molar-refractivity contribution in [2.24, 2.45) is 5.92 Å². The van der Waals surface area contributed by atoms with Gasteiger partial charge < -0.3 is 21.1 Å². The van der Waals surface area contributed by atoms with Crippen LogP contribution >= 0.6 is 11.3 Å². The summed E-state index contributed by atoms with van der Waals surface area (Å²) in [5.41, 5.74) is 6.42. The van der Waals surface area contributed by atoms with Crippen LogP contribution in [0.3, 0.4) is 0 Å². The van der Waals surface area contributed by atoms with Crippen LogP contribution in [0.4, 0.5) is 10.7 Å². The lowest BCUT2D eigenvalue weighted by atomic mass is 10.1. The smallest absolute Gasteiger partial charge is 0.263 e. The maximum atomic E-state index is 12.0. The molecule has 0 aliphatic heterocycles. The third-order valence-corrected chi connectivity index (χ3v) is 4.00. The molecule has 0 aromatic carbocycles. The van der Waals surface area contributed by atoms with E-state index in [2.05, 4.69) is 24.5 Å². The third-order valence-electron chi connectivity index (χ3n) is 2.85. The summed E-state index contributed by atoms with van der Waals surface area (Å²) in [6.45, 7) is 7.84. The van der Waals surface area contributed by atoms with Crippen molar-refractivity contribution in [3.8, 4) is 5.75 Å². The molecule has 1 heterocycles. The lowest BCUT2D eigenvalue weighted by Crippen LogP contribution is -2.23. The van der Waals surface area contributed by atoms with Crippen molar-refractivity contribution >= 4 is 27.9 Å². The van der Waals surface area contributed by atoms with E-state index in [1.54, 1.807) is 7.11 Å². The predicted molar refractivity (Wildman–Crippen MR) is 85.9 cm³/mol. The zero-order valence-electron chi connectivity index (χ0n) is 12.7. The summed E-state index contributed by atoms with van der Waals surface area (Å²) in [6, 6.07) is 0. The second kappa shape index (κ2) is 7.99. The minimum Gasteiger partial charge on any atom is -0.492 e. The van der Waals surface area contributed by atoms with Crippen LogP contribution in [0.1, 0.15) is 43.3 Å². The number of carbonyl (C=O) groups is 1. The van der Waals surface area contributed by atoms with E-state index in [0.29, 0.717) is 28.8 Å². The first-order chi connectivity index (χ1) is 9.51. The van der Waals surface area contributed by atoms with E-state index in [0.717, 1.165) is 24.4 Å². The summed E-state index contributed by atoms with van der Waals surface area (Å²) in [6.07, 6.45) is 1.95. The van der Waals surface area contributed by atoms with Crippen LogP contribution in [0.15, 0.2) is 0 Å². The molecule has 0 radical (unpaired) electrons. The van der Waals surface area contributed by atoms with E-state index < -0.39 is 0 Å². The standard InChI is InChI=1S/C14H25N3O2S/c1-5-7-16-13(18)12-10(15)11(19-4)14(20-12)17-8-6-9(2)3/h9,17H,5-8,15H2,1-4H3,(H,16,18). The maximum Gasteiger partial charge on any atom is 0.263 e. The van der Waals surface area contributed by atoms with E-state index in [1.165, 1.54) is 11.3 Å². The minimum atomic E-state index is -0.135. The topological polar surface area (TPSA) is 76.4 Å². The number of nitrogen functional groups attached to an aromatic ring is 1. The van der Waals surface area contributed by atoms with Crippen molar-refractivity contribution in [2.75, 3.05) is 31.2 Å². The molecule has 1 aromatic heterocycles. The van der Waals surface area contributed by atoms with Gasteiger partial charge in [0.1, 0.15) is 15.6 Å². The molecule has 20 heavy (non-hydrogen) atoms. The number of nitrogens with two attached hydrogens (primary N) is 1. The van der Waals surface area contributed by atoms with Gasteiger partial charge in [-0.05, 0) is 18.8 Å². The molecule has 5 nitrogen and oxygen atoms in total. The Hall–Kier alpha value is -1.43. The normalized spacial score (nSPS) is 10.7. The van der Waals surface area contributed by atoms with Crippen molar-refractivity contribution in [3.63, 3.8) is 0 Å². The predicted octanol–water partition coefficient (Wildman–Crippen LogP) is 2.94. The Kier molecular flexibility index (Phi) is 6.64. The number of methoxy groups -OCH3 is 1. The van der Waals surface area contributed by atoms with Crippen molar-refractivity contribution < 1.29 is 9.53 Å². The average Bonchev–Trinajstić information content (AvgIpc) is 2.72. The lowest BCUT2D eigenvalue weighted by Gasteiger charge is -2.08. The van der Waals surface area contributed by atoms with Crippen LogP contribution in [0.5, 0.6) is 5.75 Å². The second-order valence-electron chi connectivity index (χ2n) is 5.07. The van der Waals surface area contributed by atoms with Crippen LogP contribution in [0, 0.1) is 5.92 Å². The van der Waals surface area contributed by atoms with Gasteiger partial charge >= 0.3 is 0 Å². The molecular formula is C14H25N3O2S. The highest BCUT2D eigenvalue weighted by Crippen LogP contribution is 2.42. The SMILES string of the molecule is CCCNC(=O)c1sc(NCCC(C)C)c(OC)c1N. The number of rotatable bonds is 8. The number of hydrogen-bond donors (Lipinski definition) is 3. The monoisotopic (exact) mass is 299 g/mol. The summed E-state index contributed by atoms with van der Waals surface area (Å²) < 4.78 is 5.31. The lowest BCUT2D eigenvalue weighted by molar-refractivity contribution is 0.0958. The number of carbonyl (C=O) groups excluding carboxylic acids is 1. The molecule has 1 rings (SSSR count). The molecule has 6 heteroatoms. The number of hydrogen-bond acceptors (Lipinski definition) is 5. The highest BCUT2D eigenvalue weighted by Gasteiger charge is 2.21. The summed E-state index contributed by atoms with van der Waals surface area (Å²) in [7, 11) is 1.57. The van der Waals surface area contributed by atoms with Gasteiger partial charge in [0.05, 0.1) is 7.11 Å². The van der Waals surface area contributed by atoms with Crippen LogP contribution in [-0.4, -0.2) is 26.1 Å². The number of amides is 1. The van der Waals surface area contributed by atoms with Crippen molar-refractivity contribution in [2.45, 2.75) is 33.6 Å². The zero-order valence-corrected chi connectivity index (χ0v) is 13.5. The van der Waals surface area contributed by atoms with Crippen molar-refractivity contribution in [1.82, 2.24) is 5.32 Å². The van der Waals surface area contributed by atoms with Crippen molar-refractivity contribution in [3.05, 3.63) is 4.88 Å². The van der Waals surface area contributed by atoms with Gasteiger partial charge in [-0.3, -0.25) is 4.79 Å². The Labute approximate surface area is 124 Å². The molecule has 0 aliphatic rings. The van der Waals surface area contributed by atoms with Gasteiger partial charge in [-0.2, -0.15) is 0 Å². The second-order valence-corrected chi connectivity index (χ2v) is 6.09. The first-order valence-electron chi connectivity index (χ1n) is 6.99. The quantitative estimate of drug-likeness (QED) is 0.690. The molecule has 0 fully saturated rings. The van der Waals surface area contributed by atoms with Gasteiger partial charge in [0.25, 0.3) is 5.91 Å². The average molecular weight is 299 g/mol. The Morgan fingerprint density at radius 1 is 1.40 bits per heavy atom. The summed E-state index contributed by atoms with van der Waals surface area (Å²) >= 11 is 1.35. The maximum absolute atomic E-state index is 12.0. The summed E-state index contributed by atoms with van der Waals surface area (Å²) in [5.74, 6) is 1.06. The molecule has 0 bridgehead atoms. The van der Waals surface area contributed by atoms with Gasteiger partial charge in [-0.15, -0.1) is 11.3 Å². The van der Waals surface area contributed by atoms with Crippen molar-refractivity contribution in [1.29, 1.82) is 0 Å². The van der Waals surface area contributed by atoms with E-state index >= 15 is 0 Å². The van der Waals surface area contributed by atoms with Gasteiger partial charge in [0.15, 0.2) is 5.75 Å². The zero-order chi connectivity index (χ0) is 15.1. The van der Waals surface area contributed by atoms with E-state index in [9.17, 15) is 4.79 Å². The molecule has 0 atom stereocenters. The minimum absolute atomic E-state index is 0.135. The fraction of sp³-hybridized carbons (Fsp3) is 0.643. The molecule has 0 saturated heterocycles. The molecule has 0 saturated carbocycles. The highest BCUT2D eigenvalue weighted by molar-refractivity contribution is 7.19. The van der Waals surface area contributed by atoms with Gasteiger partial charge in [-0.25, -0.2) is 0 Å². The Balaban J connectivity index is 2.82. The first-order valence-corrected chi connectivity index (χ1v) is 7.81. The molecule has 4 N–H and O–H groups in total. The van der Waals surface area contributed by atoms with Gasteiger partial charge in [-0.1, -0.05) is 20.8 Å². The third kappa shape index (κ3) is 4.30. The van der Waals surface area contributed by atoms with Crippen LogP contribution in [-0.2, 0) is 0 Å². The molecule has 114 valence electrons. The van der Waals surface area contributed by atoms with Crippen LogP contribution < -0.4 is 21.1 Å². The number of thiophene rings is 1. The molecule has 0 spiro atoms. The van der Waals surface area contributed by atoms with Crippen LogP contribution in [0.25, 0.3) is 0 Å². The van der Waals surface area contributed by atoms with Gasteiger partial charge in [0.2, 0.25) is 0 Å². The Morgan fingerprint density at radius 3 is 2.65 bits per heavy atom. The van der Waals surface area contributed by atoms with Crippen LogP contribution in [0.2, 0.25) is 0 Å². The van der Waals surface area contributed by atoms with Gasteiger partial charge in [0, 0.05) is 13.1 Å². The number of ether oxygens (including phenoxy) is 1. The molecule has 0 aliphatic carbocycles. The molecule has 1 amide bonds. The summed E-state index contributed by atoms with van der Waals surface area (Å²) in [4.78, 5) is 12.5. The Morgan fingerprint density at radius 2 is 2.10 bits per heavy atom. The Bertz CT molecular complexity index is 444. The van der Waals surface area contributed by atoms with E-state index in [4.69, 9.17) is 10.5 Å². The fourth-order valence-corrected chi connectivity index (χ4v) is 2.74. The number of anilines is 2. The largest absolute Gasteiger partial charge is 0.492 e. The molecular weight excluding hydrogens is 274 g/mol. The fourth-order valence-electron chi connectivity index (χ4n) is 1.71. The van der Waals surface area contributed by atoms with E-state index in [1.807, 2.05) is 6.92 Å². The molecule has 1 aromatic rings.